The topological polar surface area (TPSA) is 88.4 Å². The molecule has 0 saturated heterocycles. The van der Waals surface area contributed by atoms with Crippen LogP contribution in [0.1, 0.15) is 5.56 Å². The molecule has 0 fully saturated rings. The van der Waals surface area contributed by atoms with Crippen LogP contribution in [-0.2, 0) is 19.1 Å². The molecule has 0 unspecified atom stereocenters. The van der Waals surface area contributed by atoms with Crippen molar-refractivity contribution in [2.24, 2.45) is 0 Å². The van der Waals surface area contributed by atoms with Crippen molar-refractivity contribution in [3.05, 3.63) is 28.8 Å². The van der Waals surface area contributed by atoms with E-state index in [1.807, 2.05) is 6.07 Å². The standard InChI is InChI=1S/C12H11ClN2O4/c1-18-7-12(17)19-6-11(16)15-9-3-2-8(5-14)10(13)4-9/h2-4H,6-7H2,1H3,(H,15,16). The monoisotopic (exact) mass is 282 g/mol. The van der Waals surface area contributed by atoms with Gasteiger partial charge in [-0.25, -0.2) is 4.79 Å². The van der Waals surface area contributed by atoms with E-state index in [1.165, 1.54) is 25.3 Å². The zero-order chi connectivity index (χ0) is 14.3. The number of carbonyl (C=O) groups is 2. The van der Waals surface area contributed by atoms with E-state index < -0.39 is 18.5 Å². The number of ether oxygens (including phenoxy) is 2. The lowest BCUT2D eigenvalue weighted by Gasteiger charge is -2.07. The molecule has 1 aromatic carbocycles. The number of methoxy groups -OCH3 is 1. The number of esters is 1. The Balaban J connectivity index is 2.51. The first-order chi connectivity index (χ1) is 9.06. The van der Waals surface area contributed by atoms with Gasteiger partial charge in [-0.05, 0) is 18.2 Å². The molecule has 0 heterocycles. The molecule has 0 aliphatic heterocycles. The maximum Gasteiger partial charge on any atom is 0.332 e. The van der Waals surface area contributed by atoms with Crippen molar-refractivity contribution in [2.75, 3.05) is 25.6 Å². The summed E-state index contributed by atoms with van der Waals surface area (Å²) >= 11 is 5.81. The second kappa shape index (κ2) is 7.36. The minimum atomic E-state index is -0.629. The summed E-state index contributed by atoms with van der Waals surface area (Å²) in [7, 11) is 1.35. The van der Waals surface area contributed by atoms with Gasteiger partial charge in [0.2, 0.25) is 0 Å². The Morgan fingerprint density at radius 1 is 1.42 bits per heavy atom. The molecule has 6 nitrogen and oxygen atoms in total. The summed E-state index contributed by atoms with van der Waals surface area (Å²) in [4.78, 5) is 22.4. The Bertz CT molecular complexity index is 525. The fourth-order valence-corrected chi connectivity index (χ4v) is 1.41. The highest BCUT2D eigenvalue weighted by Gasteiger charge is 2.08. The smallest absolute Gasteiger partial charge is 0.332 e. The van der Waals surface area contributed by atoms with Crippen molar-refractivity contribution in [1.29, 1.82) is 5.26 Å². The average molecular weight is 283 g/mol. The Kier molecular flexibility index (Phi) is 5.79. The van der Waals surface area contributed by atoms with Gasteiger partial charge in [0.1, 0.15) is 12.7 Å². The van der Waals surface area contributed by atoms with E-state index in [1.54, 1.807) is 0 Å². The van der Waals surface area contributed by atoms with E-state index in [0.717, 1.165) is 0 Å². The number of amides is 1. The lowest BCUT2D eigenvalue weighted by Crippen LogP contribution is -2.22. The minimum absolute atomic E-state index is 0.212. The molecule has 0 radical (unpaired) electrons. The Morgan fingerprint density at radius 2 is 2.16 bits per heavy atom. The van der Waals surface area contributed by atoms with Gasteiger partial charge in [0.05, 0.1) is 10.6 Å². The molecule has 1 rings (SSSR count). The van der Waals surface area contributed by atoms with E-state index >= 15 is 0 Å². The fourth-order valence-electron chi connectivity index (χ4n) is 1.19. The van der Waals surface area contributed by atoms with Crippen LogP contribution in [0, 0.1) is 11.3 Å². The normalized spacial score (nSPS) is 9.53. The summed E-state index contributed by atoms with van der Waals surface area (Å²) in [6.45, 7) is -0.629. The third-order valence-corrected chi connectivity index (χ3v) is 2.31. The molecule has 0 bridgehead atoms. The number of rotatable bonds is 5. The second-order valence-corrected chi connectivity index (χ2v) is 3.86. The number of anilines is 1. The van der Waals surface area contributed by atoms with Crippen LogP contribution < -0.4 is 5.32 Å². The van der Waals surface area contributed by atoms with Gasteiger partial charge in [0, 0.05) is 12.8 Å². The molecule has 100 valence electrons. The van der Waals surface area contributed by atoms with E-state index in [9.17, 15) is 9.59 Å². The number of carbonyl (C=O) groups excluding carboxylic acids is 2. The fraction of sp³-hybridized carbons (Fsp3) is 0.250. The van der Waals surface area contributed by atoms with Crippen LogP contribution in [0.5, 0.6) is 0 Å². The van der Waals surface area contributed by atoms with Crippen molar-refractivity contribution in [3.63, 3.8) is 0 Å². The van der Waals surface area contributed by atoms with Gasteiger partial charge in [-0.15, -0.1) is 0 Å². The van der Waals surface area contributed by atoms with Crippen LogP contribution in [0.3, 0.4) is 0 Å². The number of nitrogens with one attached hydrogen (secondary N) is 1. The van der Waals surface area contributed by atoms with Crippen LogP contribution >= 0.6 is 11.6 Å². The van der Waals surface area contributed by atoms with Crippen molar-refractivity contribution < 1.29 is 19.1 Å². The third-order valence-electron chi connectivity index (χ3n) is 2.00. The van der Waals surface area contributed by atoms with E-state index in [4.69, 9.17) is 16.9 Å². The summed E-state index contributed by atoms with van der Waals surface area (Å²) in [6.07, 6.45) is 0. The van der Waals surface area contributed by atoms with E-state index in [2.05, 4.69) is 14.8 Å². The van der Waals surface area contributed by atoms with Crippen molar-refractivity contribution in [3.8, 4) is 6.07 Å². The lowest BCUT2D eigenvalue weighted by atomic mass is 10.2. The summed E-state index contributed by atoms with van der Waals surface area (Å²) < 4.78 is 9.17. The third kappa shape index (κ3) is 4.95. The quantitative estimate of drug-likeness (QED) is 0.823. The molecule has 0 spiro atoms. The van der Waals surface area contributed by atoms with Crippen LogP contribution in [-0.4, -0.2) is 32.2 Å². The number of hydrogen-bond acceptors (Lipinski definition) is 5. The van der Waals surface area contributed by atoms with Gasteiger partial charge in [-0.1, -0.05) is 11.6 Å². The zero-order valence-electron chi connectivity index (χ0n) is 10.1. The van der Waals surface area contributed by atoms with Crippen LogP contribution in [0.2, 0.25) is 5.02 Å². The maximum absolute atomic E-state index is 11.4. The number of halogens is 1. The molecule has 19 heavy (non-hydrogen) atoms. The summed E-state index contributed by atoms with van der Waals surface area (Å²) in [5, 5.41) is 11.4. The highest BCUT2D eigenvalue weighted by molar-refractivity contribution is 6.32. The van der Waals surface area contributed by atoms with Gasteiger partial charge in [0.25, 0.3) is 5.91 Å². The van der Waals surface area contributed by atoms with Gasteiger partial charge in [-0.2, -0.15) is 5.26 Å². The molecule has 0 aliphatic carbocycles. The summed E-state index contributed by atoms with van der Waals surface area (Å²) in [6, 6.07) is 6.35. The highest BCUT2D eigenvalue weighted by Crippen LogP contribution is 2.19. The lowest BCUT2D eigenvalue weighted by molar-refractivity contribution is -0.150. The Hall–Kier alpha value is -2.10. The minimum Gasteiger partial charge on any atom is -0.454 e. The first-order valence-electron chi connectivity index (χ1n) is 5.21. The van der Waals surface area contributed by atoms with E-state index in [0.29, 0.717) is 11.3 Å². The molecule has 1 N–H and O–H groups in total. The number of nitrogens with zero attached hydrogens (tertiary/aromatic N) is 1. The van der Waals surface area contributed by atoms with Crippen LogP contribution in [0.4, 0.5) is 5.69 Å². The van der Waals surface area contributed by atoms with Gasteiger partial charge in [-0.3, -0.25) is 4.79 Å². The number of nitriles is 1. The first kappa shape index (κ1) is 15.0. The SMILES string of the molecule is COCC(=O)OCC(=O)Nc1ccc(C#N)c(Cl)c1. The molecule has 0 saturated carbocycles. The largest absolute Gasteiger partial charge is 0.454 e. The molecular weight excluding hydrogens is 272 g/mol. The van der Waals surface area contributed by atoms with Gasteiger partial charge >= 0.3 is 5.97 Å². The van der Waals surface area contributed by atoms with E-state index in [-0.39, 0.29) is 11.6 Å². The Morgan fingerprint density at radius 3 is 2.74 bits per heavy atom. The first-order valence-corrected chi connectivity index (χ1v) is 5.58. The van der Waals surface area contributed by atoms with Crippen molar-refractivity contribution in [1.82, 2.24) is 0 Å². The van der Waals surface area contributed by atoms with Crippen LogP contribution in [0.15, 0.2) is 18.2 Å². The molecule has 7 heteroatoms. The predicted octanol–water partition coefficient (Wildman–Crippen LogP) is 1.34. The zero-order valence-corrected chi connectivity index (χ0v) is 10.9. The predicted molar refractivity (Wildman–Crippen MR) is 67.6 cm³/mol. The molecule has 0 atom stereocenters. The molecule has 1 aromatic rings. The van der Waals surface area contributed by atoms with Crippen molar-refractivity contribution >= 4 is 29.2 Å². The number of benzene rings is 1. The van der Waals surface area contributed by atoms with Gasteiger partial charge in [0.15, 0.2) is 6.61 Å². The Labute approximate surface area is 114 Å². The van der Waals surface area contributed by atoms with Crippen LogP contribution in [0.25, 0.3) is 0 Å². The second-order valence-electron chi connectivity index (χ2n) is 3.45. The number of hydrogen-bond donors (Lipinski definition) is 1. The summed E-state index contributed by atoms with van der Waals surface area (Å²) in [5.41, 5.74) is 0.725. The highest BCUT2D eigenvalue weighted by atomic mass is 35.5. The molecule has 0 aromatic heterocycles. The van der Waals surface area contributed by atoms with Gasteiger partial charge < -0.3 is 14.8 Å². The maximum atomic E-state index is 11.4. The molecule has 1 amide bonds. The summed E-state index contributed by atoms with van der Waals surface area (Å²) in [5.74, 6) is -1.14. The molecule has 0 aliphatic rings. The molecular formula is C12H11ClN2O4. The van der Waals surface area contributed by atoms with Crippen molar-refractivity contribution in [2.45, 2.75) is 0 Å². The average Bonchev–Trinajstić information content (AvgIpc) is 2.37.